The first-order chi connectivity index (χ1) is 8.24. The molecular weight excluding hydrogens is 224 g/mol. The highest BCUT2D eigenvalue weighted by atomic mass is 19.3. The average molecular weight is 241 g/mol. The summed E-state index contributed by atoms with van der Waals surface area (Å²) >= 11 is 0. The van der Waals surface area contributed by atoms with Crippen molar-refractivity contribution in [3.8, 4) is 5.75 Å². The molecular formula is C13H17F2NO. The Morgan fingerprint density at radius 1 is 1.29 bits per heavy atom. The van der Waals surface area contributed by atoms with Crippen LogP contribution in [0.15, 0.2) is 24.3 Å². The van der Waals surface area contributed by atoms with E-state index < -0.39 is 6.61 Å². The van der Waals surface area contributed by atoms with Gasteiger partial charge < -0.3 is 10.1 Å². The van der Waals surface area contributed by atoms with E-state index in [2.05, 4.69) is 10.1 Å². The highest BCUT2D eigenvalue weighted by Gasteiger charge is 2.13. The van der Waals surface area contributed by atoms with Crippen LogP contribution in [-0.4, -0.2) is 19.2 Å². The van der Waals surface area contributed by atoms with Gasteiger partial charge in [0.05, 0.1) is 0 Å². The van der Waals surface area contributed by atoms with Gasteiger partial charge in [0.1, 0.15) is 5.75 Å². The van der Waals surface area contributed by atoms with Gasteiger partial charge in [-0.05, 0) is 49.9 Å². The predicted molar refractivity (Wildman–Crippen MR) is 62.4 cm³/mol. The van der Waals surface area contributed by atoms with Crippen molar-refractivity contribution in [1.29, 1.82) is 0 Å². The number of hydrogen-bond acceptors (Lipinski definition) is 2. The molecule has 4 heteroatoms. The smallest absolute Gasteiger partial charge is 0.387 e. The van der Waals surface area contributed by atoms with Gasteiger partial charge in [-0.25, -0.2) is 0 Å². The first-order valence-corrected chi connectivity index (χ1v) is 6.01. The Bertz CT molecular complexity index is 334. The molecule has 1 aliphatic rings. The SMILES string of the molecule is FC(F)Oc1ccc(CCC2CCCN2)cc1. The zero-order valence-corrected chi connectivity index (χ0v) is 9.66. The van der Waals surface area contributed by atoms with E-state index in [9.17, 15) is 8.78 Å². The van der Waals surface area contributed by atoms with Crippen molar-refractivity contribution in [2.24, 2.45) is 0 Å². The van der Waals surface area contributed by atoms with Crippen LogP contribution in [0.3, 0.4) is 0 Å². The molecule has 2 rings (SSSR count). The lowest BCUT2D eigenvalue weighted by Gasteiger charge is -2.10. The Morgan fingerprint density at radius 3 is 2.65 bits per heavy atom. The van der Waals surface area contributed by atoms with E-state index in [1.54, 1.807) is 12.1 Å². The molecule has 1 aromatic carbocycles. The standard InChI is InChI=1S/C13H17F2NO/c14-13(15)17-12-7-4-10(5-8-12)3-6-11-2-1-9-16-11/h4-5,7-8,11,13,16H,1-3,6,9H2. The van der Waals surface area contributed by atoms with Gasteiger partial charge in [0.2, 0.25) is 0 Å². The molecule has 2 nitrogen and oxygen atoms in total. The number of nitrogens with one attached hydrogen (secondary N) is 1. The van der Waals surface area contributed by atoms with Crippen LogP contribution in [-0.2, 0) is 6.42 Å². The van der Waals surface area contributed by atoms with E-state index in [-0.39, 0.29) is 5.75 Å². The lowest BCUT2D eigenvalue weighted by Crippen LogP contribution is -2.21. The molecule has 1 atom stereocenters. The Kier molecular flexibility index (Phi) is 4.31. The number of ether oxygens (including phenoxy) is 1. The zero-order valence-electron chi connectivity index (χ0n) is 9.66. The maximum Gasteiger partial charge on any atom is 0.387 e. The van der Waals surface area contributed by atoms with E-state index in [1.165, 1.54) is 18.4 Å². The molecule has 1 saturated heterocycles. The van der Waals surface area contributed by atoms with Crippen LogP contribution in [0.4, 0.5) is 8.78 Å². The van der Waals surface area contributed by atoms with Gasteiger partial charge in [0.25, 0.3) is 0 Å². The van der Waals surface area contributed by atoms with Crippen molar-refractivity contribution in [3.05, 3.63) is 29.8 Å². The molecule has 1 aromatic rings. The lowest BCUT2D eigenvalue weighted by molar-refractivity contribution is -0.0498. The number of alkyl halides is 2. The molecule has 17 heavy (non-hydrogen) atoms. The first kappa shape index (κ1) is 12.3. The third-order valence-corrected chi connectivity index (χ3v) is 3.09. The molecule has 0 aliphatic carbocycles. The second-order valence-corrected chi connectivity index (χ2v) is 4.35. The Morgan fingerprint density at radius 2 is 2.06 bits per heavy atom. The summed E-state index contributed by atoms with van der Waals surface area (Å²) in [7, 11) is 0. The van der Waals surface area contributed by atoms with Crippen LogP contribution in [0.5, 0.6) is 5.75 Å². The van der Waals surface area contributed by atoms with E-state index in [4.69, 9.17) is 0 Å². The third kappa shape index (κ3) is 3.97. The van der Waals surface area contributed by atoms with Crippen molar-refractivity contribution in [2.45, 2.75) is 38.3 Å². The molecule has 1 unspecified atom stereocenters. The molecule has 1 N–H and O–H groups in total. The maximum atomic E-state index is 11.9. The molecule has 0 aromatic heterocycles. The van der Waals surface area contributed by atoms with E-state index >= 15 is 0 Å². The fraction of sp³-hybridized carbons (Fsp3) is 0.538. The van der Waals surface area contributed by atoms with Gasteiger partial charge in [-0.3, -0.25) is 0 Å². The van der Waals surface area contributed by atoms with E-state index in [1.807, 2.05) is 12.1 Å². The summed E-state index contributed by atoms with van der Waals surface area (Å²) in [5.74, 6) is 0.225. The van der Waals surface area contributed by atoms with Gasteiger partial charge in [0.15, 0.2) is 0 Å². The van der Waals surface area contributed by atoms with Crippen molar-refractivity contribution in [1.82, 2.24) is 5.32 Å². The van der Waals surface area contributed by atoms with Crippen LogP contribution < -0.4 is 10.1 Å². The van der Waals surface area contributed by atoms with Crippen molar-refractivity contribution in [2.75, 3.05) is 6.54 Å². The molecule has 1 aliphatic heterocycles. The molecule has 1 fully saturated rings. The van der Waals surface area contributed by atoms with Crippen LogP contribution in [0.25, 0.3) is 0 Å². The minimum absolute atomic E-state index is 0.225. The van der Waals surface area contributed by atoms with Gasteiger partial charge in [-0.2, -0.15) is 8.78 Å². The molecule has 0 radical (unpaired) electrons. The topological polar surface area (TPSA) is 21.3 Å². The highest BCUT2D eigenvalue weighted by molar-refractivity contribution is 5.27. The van der Waals surface area contributed by atoms with Gasteiger partial charge in [-0.1, -0.05) is 12.1 Å². The van der Waals surface area contributed by atoms with Gasteiger partial charge >= 0.3 is 6.61 Å². The van der Waals surface area contributed by atoms with Crippen molar-refractivity contribution >= 4 is 0 Å². The van der Waals surface area contributed by atoms with Crippen LogP contribution >= 0.6 is 0 Å². The fourth-order valence-electron chi connectivity index (χ4n) is 2.18. The van der Waals surface area contributed by atoms with Crippen LogP contribution in [0.1, 0.15) is 24.8 Å². The highest BCUT2D eigenvalue weighted by Crippen LogP contribution is 2.17. The average Bonchev–Trinajstić information content (AvgIpc) is 2.80. The number of benzene rings is 1. The van der Waals surface area contributed by atoms with E-state index in [0.29, 0.717) is 6.04 Å². The fourth-order valence-corrected chi connectivity index (χ4v) is 2.18. The van der Waals surface area contributed by atoms with Crippen molar-refractivity contribution < 1.29 is 13.5 Å². The summed E-state index contributed by atoms with van der Waals surface area (Å²) in [6.07, 6.45) is 4.58. The van der Waals surface area contributed by atoms with Crippen molar-refractivity contribution in [3.63, 3.8) is 0 Å². The Labute approximate surface area is 100.0 Å². The molecule has 0 spiro atoms. The normalized spacial score (nSPS) is 19.8. The monoisotopic (exact) mass is 241 g/mol. The zero-order chi connectivity index (χ0) is 12.1. The largest absolute Gasteiger partial charge is 0.435 e. The molecule has 0 saturated carbocycles. The summed E-state index contributed by atoms with van der Waals surface area (Å²) < 4.78 is 28.2. The minimum atomic E-state index is -2.75. The third-order valence-electron chi connectivity index (χ3n) is 3.09. The molecule has 0 amide bonds. The number of rotatable bonds is 5. The number of aryl methyl sites for hydroxylation is 1. The summed E-state index contributed by atoms with van der Waals surface area (Å²) in [6, 6.07) is 7.53. The Balaban J connectivity index is 1.80. The van der Waals surface area contributed by atoms with Gasteiger partial charge in [0, 0.05) is 6.04 Å². The Hall–Kier alpha value is -1.16. The molecule has 0 bridgehead atoms. The lowest BCUT2D eigenvalue weighted by atomic mass is 10.0. The second kappa shape index (κ2) is 5.96. The summed E-state index contributed by atoms with van der Waals surface area (Å²) in [6.45, 7) is -1.63. The summed E-state index contributed by atoms with van der Waals surface area (Å²) in [4.78, 5) is 0. The van der Waals surface area contributed by atoms with Gasteiger partial charge in [-0.15, -0.1) is 0 Å². The second-order valence-electron chi connectivity index (χ2n) is 4.35. The summed E-state index contributed by atoms with van der Waals surface area (Å²) in [5, 5.41) is 3.44. The number of halogens is 2. The first-order valence-electron chi connectivity index (χ1n) is 6.01. The minimum Gasteiger partial charge on any atom is -0.435 e. The molecule has 1 heterocycles. The molecule has 94 valence electrons. The summed E-state index contributed by atoms with van der Waals surface area (Å²) in [5.41, 5.74) is 1.17. The van der Waals surface area contributed by atoms with E-state index in [0.717, 1.165) is 19.4 Å². The number of hydrogen-bond donors (Lipinski definition) is 1. The predicted octanol–water partition coefficient (Wildman–Crippen LogP) is 2.97. The maximum absolute atomic E-state index is 11.9. The van der Waals surface area contributed by atoms with Crippen LogP contribution in [0.2, 0.25) is 0 Å². The van der Waals surface area contributed by atoms with Crippen LogP contribution in [0, 0.1) is 0 Å². The quantitative estimate of drug-likeness (QED) is 0.855.